The van der Waals surface area contributed by atoms with Crippen LogP contribution in [0.4, 0.5) is 0 Å². The summed E-state index contributed by atoms with van der Waals surface area (Å²) in [6, 6.07) is 5.72. The van der Waals surface area contributed by atoms with Crippen molar-refractivity contribution >= 4 is 29.0 Å². The molecule has 0 amide bonds. The Kier molecular flexibility index (Phi) is 4.88. The standard InChI is InChI=1S/C15H18Cl2O2/c1-19-8-5-12(18)10-15(6-2-7-15)11-3-4-13(16)14(17)9-11/h3-4,9H,2,5-8,10H2,1H3. The fraction of sp³-hybridized carbons (Fsp3) is 0.533. The highest BCUT2D eigenvalue weighted by molar-refractivity contribution is 6.42. The maximum atomic E-state index is 12.0. The summed E-state index contributed by atoms with van der Waals surface area (Å²) in [6.45, 7) is 0.496. The van der Waals surface area contributed by atoms with Gasteiger partial charge < -0.3 is 4.74 Å². The van der Waals surface area contributed by atoms with Gasteiger partial charge in [-0.3, -0.25) is 4.79 Å². The maximum absolute atomic E-state index is 12.0. The van der Waals surface area contributed by atoms with E-state index < -0.39 is 0 Å². The zero-order valence-electron chi connectivity index (χ0n) is 11.0. The summed E-state index contributed by atoms with van der Waals surface area (Å²) in [5.74, 6) is 0.257. The fourth-order valence-electron chi connectivity index (χ4n) is 2.68. The molecule has 0 heterocycles. The van der Waals surface area contributed by atoms with E-state index in [0.29, 0.717) is 29.5 Å². The van der Waals surface area contributed by atoms with Crippen molar-refractivity contribution in [2.45, 2.75) is 37.5 Å². The van der Waals surface area contributed by atoms with Gasteiger partial charge in [0, 0.05) is 25.4 Å². The summed E-state index contributed by atoms with van der Waals surface area (Å²) in [6.07, 6.45) is 4.32. The zero-order valence-corrected chi connectivity index (χ0v) is 12.6. The molecule has 0 spiro atoms. The Bertz CT molecular complexity index is 467. The molecule has 0 saturated heterocycles. The van der Waals surface area contributed by atoms with Crippen LogP contribution in [0.25, 0.3) is 0 Å². The van der Waals surface area contributed by atoms with Gasteiger partial charge in [0.2, 0.25) is 0 Å². The van der Waals surface area contributed by atoms with E-state index in [1.165, 1.54) is 0 Å². The lowest BCUT2D eigenvalue weighted by molar-refractivity contribution is -0.122. The third-order valence-electron chi connectivity index (χ3n) is 3.96. The van der Waals surface area contributed by atoms with Gasteiger partial charge in [-0.1, -0.05) is 35.7 Å². The fourth-order valence-corrected chi connectivity index (χ4v) is 2.98. The number of halogens is 2. The average Bonchev–Trinajstić information content (AvgIpc) is 2.35. The summed E-state index contributed by atoms with van der Waals surface area (Å²) < 4.78 is 4.96. The third kappa shape index (κ3) is 3.31. The van der Waals surface area contributed by atoms with Crippen LogP contribution in [0, 0.1) is 0 Å². The number of carbonyl (C=O) groups excluding carboxylic acids is 1. The molecule has 0 atom stereocenters. The molecule has 1 aliphatic rings. The zero-order chi connectivity index (χ0) is 13.9. The van der Waals surface area contributed by atoms with Crippen LogP contribution in [0.3, 0.4) is 0 Å². The average molecular weight is 301 g/mol. The molecule has 0 unspecified atom stereocenters. The lowest BCUT2D eigenvalue weighted by Crippen LogP contribution is -2.36. The molecule has 1 fully saturated rings. The van der Waals surface area contributed by atoms with Gasteiger partial charge in [0.05, 0.1) is 16.7 Å². The summed E-state index contributed by atoms with van der Waals surface area (Å²) >= 11 is 12.0. The first-order valence-corrected chi connectivity index (χ1v) is 7.29. The molecule has 1 saturated carbocycles. The number of rotatable bonds is 6. The van der Waals surface area contributed by atoms with Gasteiger partial charge in [-0.2, -0.15) is 0 Å². The number of ether oxygens (including phenoxy) is 1. The molecule has 1 aromatic carbocycles. The number of ketones is 1. The van der Waals surface area contributed by atoms with Crippen molar-refractivity contribution in [1.29, 1.82) is 0 Å². The molecule has 4 heteroatoms. The molecule has 0 bridgehead atoms. The Morgan fingerprint density at radius 1 is 1.32 bits per heavy atom. The third-order valence-corrected chi connectivity index (χ3v) is 4.70. The van der Waals surface area contributed by atoms with Gasteiger partial charge >= 0.3 is 0 Å². The van der Waals surface area contributed by atoms with Crippen molar-refractivity contribution in [3.8, 4) is 0 Å². The molecule has 0 radical (unpaired) electrons. The first kappa shape index (κ1) is 14.8. The quantitative estimate of drug-likeness (QED) is 0.778. The van der Waals surface area contributed by atoms with Gasteiger partial charge in [0.25, 0.3) is 0 Å². The van der Waals surface area contributed by atoms with E-state index in [-0.39, 0.29) is 11.2 Å². The molecular formula is C15H18Cl2O2. The van der Waals surface area contributed by atoms with E-state index >= 15 is 0 Å². The minimum Gasteiger partial charge on any atom is -0.384 e. The van der Waals surface area contributed by atoms with Crippen LogP contribution < -0.4 is 0 Å². The van der Waals surface area contributed by atoms with Crippen LogP contribution >= 0.6 is 23.2 Å². The van der Waals surface area contributed by atoms with Crippen LogP contribution in [-0.2, 0) is 14.9 Å². The van der Waals surface area contributed by atoms with Crippen LogP contribution in [-0.4, -0.2) is 19.5 Å². The van der Waals surface area contributed by atoms with E-state index in [1.807, 2.05) is 18.2 Å². The predicted octanol–water partition coefficient (Wildman–Crippen LogP) is 4.41. The van der Waals surface area contributed by atoms with Crippen molar-refractivity contribution in [3.63, 3.8) is 0 Å². The SMILES string of the molecule is COCCC(=O)CC1(c2ccc(Cl)c(Cl)c2)CCC1. The summed E-state index contributed by atoms with van der Waals surface area (Å²) in [5.41, 5.74) is 1.11. The second kappa shape index (κ2) is 6.25. The summed E-state index contributed by atoms with van der Waals surface area (Å²) in [4.78, 5) is 12.0. The smallest absolute Gasteiger partial charge is 0.136 e. The van der Waals surface area contributed by atoms with Gasteiger partial charge in [0.15, 0.2) is 0 Å². The van der Waals surface area contributed by atoms with E-state index in [9.17, 15) is 4.79 Å². The minimum absolute atomic E-state index is 0.0287. The van der Waals surface area contributed by atoms with Crippen molar-refractivity contribution in [2.24, 2.45) is 0 Å². The Morgan fingerprint density at radius 3 is 2.58 bits per heavy atom. The minimum atomic E-state index is -0.0287. The highest BCUT2D eigenvalue weighted by atomic mass is 35.5. The van der Waals surface area contributed by atoms with Crippen molar-refractivity contribution < 1.29 is 9.53 Å². The Balaban J connectivity index is 2.13. The Hall–Kier alpha value is -0.570. The molecule has 104 valence electrons. The lowest BCUT2D eigenvalue weighted by atomic mass is 9.62. The van der Waals surface area contributed by atoms with Gasteiger partial charge in [0.1, 0.15) is 5.78 Å². The Morgan fingerprint density at radius 2 is 2.05 bits per heavy atom. The molecule has 1 aromatic rings. The highest BCUT2D eigenvalue weighted by Crippen LogP contribution is 2.47. The largest absolute Gasteiger partial charge is 0.384 e. The predicted molar refractivity (Wildman–Crippen MR) is 78.1 cm³/mol. The number of methoxy groups -OCH3 is 1. The molecule has 19 heavy (non-hydrogen) atoms. The molecule has 1 aliphatic carbocycles. The number of Topliss-reactive ketones (excluding diaryl/α,β-unsaturated/α-hetero) is 1. The van der Waals surface area contributed by atoms with Crippen LogP contribution in [0.2, 0.25) is 10.0 Å². The van der Waals surface area contributed by atoms with Crippen molar-refractivity contribution in [2.75, 3.05) is 13.7 Å². The van der Waals surface area contributed by atoms with Crippen LogP contribution in [0.1, 0.15) is 37.7 Å². The monoisotopic (exact) mass is 300 g/mol. The molecule has 0 N–H and O–H groups in total. The second-order valence-electron chi connectivity index (χ2n) is 5.22. The second-order valence-corrected chi connectivity index (χ2v) is 6.04. The number of hydrogen-bond acceptors (Lipinski definition) is 2. The number of carbonyl (C=O) groups is 1. The summed E-state index contributed by atoms with van der Waals surface area (Å²) in [7, 11) is 1.62. The van der Waals surface area contributed by atoms with Crippen LogP contribution in [0.5, 0.6) is 0 Å². The topological polar surface area (TPSA) is 26.3 Å². The van der Waals surface area contributed by atoms with E-state index in [4.69, 9.17) is 27.9 Å². The normalized spacial score (nSPS) is 17.0. The van der Waals surface area contributed by atoms with E-state index in [1.54, 1.807) is 7.11 Å². The van der Waals surface area contributed by atoms with E-state index in [0.717, 1.165) is 24.8 Å². The van der Waals surface area contributed by atoms with Crippen molar-refractivity contribution in [3.05, 3.63) is 33.8 Å². The van der Waals surface area contributed by atoms with E-state index in [2.05, 4.69) is 0 Å². The number of hydrogen-bond donors (Lipinski definition) is 0. The van der Waals surface area contributed by atoms with Gasteiger partial charge in [-0.05, 0) is 30.5 Å². The lowest BCUT2D eigenvalue weighted by Gasteiger charge is -2.42. The summed E-state index contributed by atoms with van der Waals surface area (Å²) in [5, 5.41) is 1.13. The van der Waals surface area contributed by atoms with Crippen molar-refractivity contribution in [1.82, 2.24) is 0 Å². The first-order valence-electron chi connectivity index (χ1n) is 6.53. The molecular weight excluding hydrogens is 283 g/mol. The molecule has 2 rings (SSSR count). The highest BCUT2D eigenvalue weighted by Gasteiger charge is 2.40. The first-order chi connectivity index (χ1) is 9.07. The van der Waals surface area contributed by atoms with Gasteiger partial charge in [-0.15, -0.1) is 0 Å². The number of benzene rings is 1. The molecule has 2 nitrogen and oxygen atoms in total. The molecule has 0 aromatic heterocycles. The Labute approximate surface area is 124 Å². The molecule has 0 aliphatic heterocycles. The van der Waals surface area contributed by atoms with Gasteiger partial charge in [-0.25, -0.2) is 0 Å². The van der Waals surface area contributed by atoms with Crippen LogP contribution in [0.15, 0.2) is 18.2 Å². The maximum Gasteiger partial charge on any atom is 0.136 e.